The molecule has 1 aliphatic heterocycles. The summed E-state index contributed by atoms with van der Waals surface area (Å²) < 4.78 is 0. The molecule has 0 aromatic heterocycles. The maximum absolute atomic E-state index is 11.0. The lowest BCUT2D eigenvalue weighted by Crippen LogP contribution is -2.09. The summed E-state index contributed by atoms with van der Waals surface area (Å²) in [5, 5.41) is 0.223. The largest absolute Gasteiger partial charge is 0.284 e. The number of thioether (sulfide) groups is 1. The van der Waals surface area contributed by atoms with E-state index in [4.69, 9.17) is 0 Å². The van der Waals surface area contributed by atoms with Gasteiger partial charge < -0.3 is 0 Å². The highest BCUT2D eigenvalue weighted by Gasteiger charge is 2.20. The Hall–Kier alpha value is -0.310. The summed E-state index contributed by atoms with van der Waals surface area (Å²) in [5.74, 6) is 0. The SMILES string of the molecule is CCCCCC1N=CSC1=O. The van der Waals surface area contributed by atoms with Crippen LogP contribution in [0.15, 0.2) is 4.99 Å². The van der Waals surface area contributed by atoms with Gasteiger partial charge in [0.25, 0.3) is 0 Å². The molecule has 0 aromatic carbocycles. The number of hydrogen-bond donors (Lipinski definition) is 0. The van der Waals surface area contributed by atoms with Crippen molar-refractivity contribution in [3.63, 3.8) is 0 Å². The molecule has 62 valence electrons. The van der Waals surface area contributed by atoms with E-state index in [1.165, 1.54) is 24.6 Å². The second-order valence-electron chi connectivity index (χ2n) is 2.70. The van der Waals surface area contributed by atoms with E-state index in [-0.39, 0.29) is 11.2 Å². The van der Waals surface area contributed by atoms with Crippen molar-refractivity contribution in [1.82, 2.24) is 0 Å². The van der Waals surface area contributed by atoms with Crippen molar-refractivity contribution in [2.75, 3.05) is 0 Å². The number of hydrogen-bond acceptors (Lipinski definition) is 3. The summed E-state index contributed by atoms with van der Waals surface area (Å²) in [4.78, 5) is 15.1. The van der Waals surface area contributed by atoms with Crippen LogP contribution in [0.5, 0.6) is 0 Å². The van der Waals surface area contributed by atoms with Gasteiger partial charge in [0.05, 0.1) is 5.55 Å². The fourth-order valence-corrected chi connectivity index (χ4v) is 1.72. The minimum atomic E-state index is -0.0217. The second-order valence-corrected chi connectivity index (χ2v) is 3.55. The summed E-state index contributed by atoms with van der Waals surface area (Å²) in [6.45, 7) is 2.16. The quantitative estimate of drug-likeness (QED) is 0.607. The minimum Gasteiger partial charge on any atom is -0.284 e. The van der Waals surface area contributed by atoms with Gasteiger partial charge in [-0.3, -0.25) is 9.79 Å². The highest BCUT2D eigenvalue weighted by molar-refractivity contribution is 8.25. The van der Waals surface area contributed by atoms with Gasteiger partial charge in [0.1, 0.15) is 6.04 Å². The Bertz CT molecular complexity index is 167. The van der Waals surface area contributed by atoms with Crippen LogP contribution in [-0.2, 0) is 4.79 Å². The predicted octanol–water partition coefficient (Wildman–Crippen LogP) is 2.24. The molecule has 0 radical (unpaired) electrons. The van der Waals surface area contributed by atoms with E-state index >= 15 is 0 Å². The van der Waals surface area contributed by atoms with Crippen LogP contribution in [-0.4, -0.2) is 16.7 Å². The van der Waals surface area contributed by atoms with Crippen molar-refractivity contribution in [3.05, 3.63) is 0 Å². The summed E-state index contributed by atoms with van der Waals surface area (Å²) in [5.41, 5.74) is 1.67. The van der Waals surface area contributed by atoms with E-state index < -0.39 is 0 Å². The Labute approximate surface area is 71.5 Å². The van der Waals surface area contributed by atoms with Gasteiger partial charge >= 0.3 is 0 Å². The van der Waals surface area contributed by atoms with E-state index in [1.54, 1.807) is 5.55 Å². The normalized spacial score (nSPS) is 23.0. The van der Waals surface area contributed by atoms with E-state index in [0.717, 1.165) is 12.8 Å². The molecule has 1 rings (SSSR count). The molecule has 1 heterocycles. The number of aliphatic imine (C=N–C) groups is 1. The fourth-order valence-electron chi connectivity index (χ4n) is 1.08. The Balaban J connectivity index is 2.15. The van der Waals surface area contributed by atoms with Crippen LogP contribution in [0.4, 0.5) is 0 Å². The Morgan fingerprint density at radius 1 is 1.64 bits per heavy atom. The van der Waals surface area contributed by atoms with E-state index in [9.17, 15) is 4.79 Å². The van der Waals surface area contributed by atoms with Crippen LogP contribution in [0.2, 0.25) is 0 Å². The third-order valence-corrected chi connectivity index (χ3v) is 2.49. The van der Waals surface area contributed by atoms with Gasteiger partial charge in [0.2, 0.25) is 5.12 Å². The smallest absolute Gasteiger partial charge is 0.219 e. The van der Waals surface area contributed by atoms with Crippen molar-refractivity contribution >= 4 is 22.4 Å². The maximum atomic E-state index is 11.0. The fraction of sp³-hybridized carbons (Fsp3) is 0.750. The molecule has 3 heteroatoms. The van der Waals surface area contributed by atoms with Crippen LogP contribution in [0.3, 0.4) is 0 Å². The average molecular weight is 171 g/mol. The van der Waals surface area contributed by atoms with Crippen molar-refractivity contribution in [2.24, 2.45) is 4.99 Å². The lowest BCUT2D eigenvalue weighted by atomic mass is 10.1. The number of unbranched alkanes of at least 4 members (excludes halogenated alkanes) is 2. The molecule has 1 atom stereocenters. The van der Waals surface area contributed by atoms with Crippen LogP contribution in [0.1, 0.15) is 32.6 Å². The van der Waals surface area contributed by atoms with Crippen molar-refractivity contribution < 1.29 is 4.79 Å². The molecule has 2 nitrogen and oxygen atoms in total. The molecule has 0 N–H and O–H groups in total. The van der Waals surface area contributed by atoms with E-state index in [0.29, 0.717) is 0 Å². The molecular formula is C8H13NOS. The summed E-state index contributed by atoms with van der Waals surface area (Å²) in [6, 6.07) is -0.0217. The summed E-state index contributed by atoms with van der Waals surface area (Å²) >= 11 is 1.23. The minimum absolute atomic E-state index is 0.0217. The molecule has 0 spiro atoms. The van der Waals surface area contributed by atoms with Gasteiger partial charge in [-0.05, 0) is 18.2 Å². The highest BCUT2D eigenvalue weighted by Crippen LogP contribution is 2.18. The first-order chi connectivity index (χ1) is 5.34. The zero-order chi connectivity index (χ0) is 8.10. The number of carbonyl (C=O) groups excluding carboxylic acids is 1. The van der Waals surface area contributed by atoms with Crippen molar-refractivity contribution in [3.8, 4) is 0 Å². The lowest BCUT2D eigenvalue weighted by Gasteiger charge is -2.02. The molecule has 0 aliphatic carbocycles. The third kappa shape index (κ3) is 2.66. The summed E-state index contributed by atoms with van der Waals surface area (Å²) in [7, 11) is 0. The third-order valence-electron chi connectivity index (χ3n) is 1.76. The molecule has 0 bridgehead atoms. The molecule has 1 unspecified atom stereocenters. The van der Waals surface area contributed by atoms with Gasteiger partial charge in [-0.1, -0.05) is 26.2 Å². The first kappa shape index (κ1) is 8.78. The van der Waals surface area contributed by atoms with Gasteiger partial charge in [0, 0.05) is 0 Å². The lowest BCUT2D eigenvalue weighted by molar-refractivity contribution is -0.111. The van der Waals surface area contributed by atoms with Crippen LogP contribution in [0.25, 0.3) is 0 Å². The number of carbonyl (C=O) groups is 1. The maximum Gasteiger partial charge on any atom is 0.219 e. The van der Waals surface area contributed by atoms with Gasteiger partial charge in [-0.2, -0.15) is 0 Å². The van der Waals surface area contributed by atoms with Gasteiger partial charge in [-0.15, -0.1) is 0 Å². The number of rotatable bonds is 4. The molecule has 0 saturated carbocycles. The molecular weight excluding hydrogens is 158 g/mol. The topological polar surface area (TPSA) is 29.4 Å². The molecule has 0 saturated heterocycles. The van der Waals surface area contributed by atoms with Gasteiger partial charge in [-0.25, -0.2) is 0 Å². The Morgan fingerprint density at radius 3 is 3.00 bits per heavy atom. The molecule has 0 fully saturated rings. The first-order valence-electron chi connectivity index (χ1n) is 4.06. The van der Waals surface area contributed by atoms with Crippen LogP contribution < -0.4 is 0 Å². The Morgan fingerprint density at radius 2 is 2.45 bits per heavy atom. The van der Waals surface area contributed by atoms with Crippen LogP contribution in [0, 0.1) is 0 Å². The summed E-state index contributed by atoms with van der Waals surface area (Å²) in [6.07, 6.45) is 4.49. The van der Waals surface area contributed by atoms with Crippen molar-refractivity contribution in [1.29, 1.82) is 0 Å². The van der Waals surface area contributed by atoms with Crippen LogP contribution >= 0.6 is 11.8 Å². The second kappa shape index (κ2) is 4.54. The van der Waals surface area contributed by atoms with E-state index in [2.05, 4.69) is 11.9 Å². The molecule has 0 amide bonds. The van der Waals surface area contributed by atoms with E-state index in [1.807, 2.05) is 0 Å². The zero-order valence-electron chi connectivity index (χ0n) is 6.75. The highest BCUT2D eigenvalue weighted by atomic mass is 32.2. The monoisotopic (exact) mass is 171 g/mol. The average Bonchev–Trinajstić information content (AvgIpc) is 2.37. The molecule has 0 aromatic rings. The Kier molecular flexibility index (Phi) is 3.63. The molecule has 11 heavy (non-hydrogen) atoms. The first-order valence-corrected chi connectivity index (χ1v) is 4.94. The zero-order valence-corrected chi connectivity index (χ0v) is 7.56. The predicted molar refractivity (Wildman–Crippen MR) is 49.0 cm³/mol. The molecule has 1 aliphatic rings. The van der Waals surface area contributed by atoms with Gasteiger partial charge in [0.15, 0.2) is 0 Å². The van der Waals surface area contributed by atoms with Crippen molar-refractivity contribution in [2.45, 2.75) is 38.6 Å². The number of nitrogens with zero attached hydrogens (tertiary/aromatic N) is 1. The standard InChI is InChI=1S/C8H13NOS/c1-2-3-4-5-7-8(10)11-6-9-7/h6-7H,2-5H2,1H3.